The van der Waals surface area contributed by atoms with E-state index in [0.29, 0.717) is 17.5 Å². The summed E-state index contributed by atoms with van der Waals surface area (Å²) in [6.07, 6.45) is 10.1. The number of nitrogens with zero attached hydrogens (tertiary/aromatic N) is 2. The first kappa shape index (κ1) is 15.7. The molecule has 2 unspecified atom stereocenters. The monoisotopic (exact) mass is 314 g/mol. The summed E-state index contributed by atoms with van der Waals surface area (Å²) in [5.41, 5.74) is 0.508. The van der Waals surface area contributed by atoms with E-state index in [1.807, 2.05) is 4.90 Å². The number of para-hydroxylation sites is 1. The van der Waals surface area contributed by atoms with Crippen LogP contribution in [0.1, 0.15) is 44.1 Å². The minimum Gasteiger partial charge on any atom is -0.336 e. The molecule has 2 atom stereocenters. The number of carbonyl (C=O) groups is 1. The van der Waals surface area contributed by atoms with Gasteiger partial charge in [0.1, 0.15) is 0 Å². The van der Waals surface area contributed by atoms with Crippen molar-refractivity contribution in [3.63, 3.8) is 0 Å². The largest absolute Gasteiger partial charge is 0.336 e. The molecule has 1 saturated carbocycles. The normalized spacial score (nSPS) is 24.4. The minimum atomic E-state index is -0.414. The lowest BCUT2D eigenvalue weighted by Crippen LogP contribution is -2.49. The van der Waals surface area contributed by atoms with E-state index in [4.69, 9.17) is 0 Å². The number of benzene rings is 1. The van der Waals surface area contributed by atoms with Gasteiger partial charge in [-0.1, -0.05) is 25.0 Å². The molecule has 23 heavy (non-hydrogen) atoms. The zero-order chi connectivity index (χ0) is 16.2. The summed E-state index contributed by atoms with van der Waals surface area (Å²) < 4.78 is 0. The first-order valence-corrected chi connectivity index (χ1v) is 8.39. The Kier molecular flexibility index (Phi) is 4.74. The summed E-state index contributed by atoms with van der Waals surface area (Å²) in [4.78, 5) is 25.2. The third-order valence-electron chi connectivity index (χ3n) is 5.07. The van der Waals surface area contributed by atoms with Crippen LogP contribution in [0.15, 0.2) is 30.3 Å². The zero-order valence-electron chi connectivity index (χ0n) is 13.2. The van der Waals surface area contributed by atoms with Crippen LogP contribution in [-0.4, -0.2) is 28.3 Å². The second-order valence-electron chi connectivity index (χ2n) is 6.44. The fourth-order valence-electron chi connectivity index (χ4n) is 3.95. The van der Waals surface area contributed by atoms with Crippen molar-refractivity contribution in [3.8, 4) is 0 Å². The van der Waals surface area contributed by atoms with Crippen molar-refractivity contribution in [3.05, 3.63) is 46.0 Å². The molecule has 5 nitrogen and oxygen atoms in total. The molecule has 5 heteroatoms. The molecule has 0 aromatic heterocycles. The van der Waals surface area contributed by atoms with Crippen LogP contribution in [0, 0.1) is 16.0 Å². The predicted molar refractivity (Wildman–Crippen MR) is 88.8 cm³/mol. The average Bonchev–Trinajstić information content (AvgIpc) is 2.59. The van der Waals surface area contributed by atoms with Gasteiger partial charge in [0, 0.05) is 24.7 Å². The van der Waals surface area contributed by atoms with Crippen LogP contribution in [0.25, 0.3) is 6.08 Å². The van der Waals surface area contributed by atoms with Gasteiger partial charge in [0.05, 0.1) is 10.5 Å². The van der Waals surface area contributed by atoms with Gasteiger partial charge in [-0.15, -0.1) is 0 Å². The molecular formula is C18H22N2O3. The van der Waals surface area contributed by atoms with E-state index < -0.39 is 4.92 Å². The van der Waals surface area contributed by atoms with E-state index in [0.717, 1.165) is 19.4 Å². The average molecular weight is 314 g/mol. The van der Waals surface area contributed by atoms with Crippen molar-refractivity contribution in [2.24, 2.45) is 5.92 Å². The van der Waals surface area contributed by atoms with E-state index in [-0.39, 0.29) is 11.6 Å². The highest BCUT2D eigenvalue weighted by Crippen LogP contribution is 2.35. The van der Waals surface area contributed by atoms with Crippen LogP contribution in [0.4, 0.5) is 5.69 Å². The van der Waals surface area contributed by atoms with Crippen molar-refractivity contribution in [2.45, 2.75) is 44.6 Å². The van der Waals surface area contributed by atoms with Crippen molar-refractivity contribution < 1.29 is 9.72 Å². The quantitative estimate of drug-likeness (QED) is 0.484. The molecule has 122 valence electrons. The van der Waals surface area contributed by atoms with Crippen LogP contribution in [0.5, 0.6) is 0 Å². The van der Waals surface area contributed by atoms with Gasteiger partial charge in [-0.3, -0.25) is 14.9 Å². The highest BCUT2D eigenvalue weighted by atomic mass is 16.6. The molecule has 1 aromatic rings. The van der Waals surface area contributed by atoms with E-state index in [1.54, 1.807) is 24.3 Å². The number of rotatable bonds is 3. The van der Waals surface area contributed by atoms with Crippen LogP contribution >= 0.6 is 0 Å². The van der Waals surface area contributed by atoms with Gasteiger partial charge in [0.15, 0.2) is 0 Å². The topological polar surface area (TPSA) is 63.4 Å². The van der Waals surface area contributed by atoms with Gasteiger partial charge in [0.2, 0.25) is 5.91 Å². The fourth-order valence-corrected chi connectivity index (χ4v) is 3.95. The third kappa shape index (κ3) is 3.44. The van der Waals surface area contributed by atoms with Crippen molar-refractivity contribution in [1.82, 2.24) is 4.90 Å². The molecule has 0 bridgehead atoms. The van der Waals surface area contributed by atoms with Crippen LogP contribution in [0.2, 0.25) is 0 Å². The van der Waals surface area contributed by atoms with Gasteiger partial charge in [-0.2, -0.15) is 0 Å². The molecular weight excluding hydrogens is 292 g/mol. The lowest BCUT2D eigenvalue weighted by molar-refractivity contribution is -0.385. The summed E-state index contributed by atoms with van der Waals surface area (Å²) in [5.74, 6) is 0.626. The molecule has 1 heterocycles. The second kappa shape index (κ2) is 6.94. The molecule has 1 amide bonds. The molecule has 2 aliphatic rings. The van der Waals surface area contributed by atoms with Crippen LogP contribution in [-0.2, 0) is 4.79 Å². The first-order valence-electron chi connectivity index (χ1n) is 8.39. The summed E-state index contributed by atoms with van der Waals surface area (Å²) in [6.45, 7) is 0.807. The Hall–Kier alpha value is -2.17. The molecule has 1 saturated heterocycles. The molecule has 0 N–H and O–H groups in total. The minimum absolute atomic E-state index is 0.0141. The number of amides is 1. The van der Waals surface area contributed by atoms with Crippen molar-refractivity contribution >= 4 is 17.7 Å². The number of fused-ring (bicyclic) bond motifs is 1. The number of carbonyl (C=O) groups excluding carboxylic acids is 1. The lowest BCUT2D eigenvalue weighted by atomic mass is 9.78. The Labute approximate surface area is 136 Å². The van der Waals surface area contributed by atoms with E-state index in [2.05, 4.69) is 0 Å². The molecule has 1 aromatic carbocycles. The maximum absolute atomic E-state index is 12.6. The number of piperidine rings is 1. The number of nitro benzene ring substituents is 1. The Balaban J connectivity index is 1.74. The highest BCUT2D eigenvalue weighted by Gasteiger charge is 2.34. The zero-order valence-corrected chi connectivity index (χ0v) is 13.2. The standard InChI is InChI=1S/C18H22N2O3/c21-18(12-11-15-7-2-4-10-17(15)20(22)23)19-13-5-8-14-6-1-3-9-16(14)19/h2,4,7,10-12,14,16H,1,3,5-6,8-9,13H2/b12-11+. The summed E-state index contributed by atoms with van der Waals surface area (Å²) in [5, 5.41) is 11.0. The number of likely N-dealkylation sites (tertiary alicyclic amines) is 1. The molecule has 2 fully saturated rings. The second-order valence-corrected chi connectivity index (χ2v) is 6.44. The number of nitro groups is 1. The predicted octanol–water partition coefficient (Wildman–Crippen LogP) is 3.79. The van der Waals surface area contributed by atoms with E-state index in [1.165, 1.54) is 37.8 Å². The Morgan fingerprint density at radius 3 is 2.74 bits per heavy atom. The van der Waals surface area contributed by atoms with Gasteiger partial charge in [-0.05, 0) is 43.7 Å². The lowest BCUT2D eigenvalue weighted by Gasteiger charge is -2.43. The van der Waals surface area contributed by atoms with Crippen LogP contribution < -0.4 is 0 Å². The Morgan fingerprint density at radius 2 is 1.91 bits per heavy atom. The highest BCUT2D eigenvalue weighted by molar-refractivity contribution is 5.92. The molecule has 0 radical (unpaired) electrons. The van der Waals surface area contributed by atoms with Crippen molar-refractivity contribution in [2.75, 3.05) is 6.54 Å². The smallest absolute Gasteiger partial charge is 0.276 e. The van der Waals surface area contributed by atoms with Crippen LogP contribution in [0.3, 0.4) is 0 Å². The van der Waals surface area contributed by atoms with Gasteiger partial charge < -0.3 is 4.90 Å². The van der Waals surface area contributed by atoms with Crippen molar-refractivity contribution in [1.29, 1.82) is 0 Å². The molecule has 3 rings (SSSR count). The number of hydrogen-bond acceptors (Lipinski definition) is 3. The summed E-state index contributed by atoms with van der Waals surface area (Å²) in [7, 11) is 0. The van der Waals surface area contributed by atoms with Gasteiger partial charge >= 0.3 is 0 Å². The van der Waals surface area contributed by atoms with E-state index in [9.17, 15) is 14.9 Å². The molecule has 1 aliphatic heterocycles. The maximum atomic E-state index is 12.6. The molecule has 1 aliphatic carbocycles. The summed E-state index contributed by atoms with van der Waals surface area (Å²) >= 11 is 0. The first-order chi connectivity index (χ1) is 11.2. The fraction of sp³-hybridized carbons (Fsp3) is 0.500. The Morgan fingerprint density at radius 1 is 1.17 bits per heavy atom. The number of hydrogen-bond donors (Lipinski definition) is 0. The van der Waals surface area contributed by atoms with E-state index >= 15 is 0 Å². The third-order valence-corrected chi connectivity index (χ3v) is 5.07. The van der Waals surface area contributed by atoms with Gasteiger partial charge in [-0.25, -0.2) is 0 Å². The summed E-state index contributed by atoms with van der Waals surface area (Å²) in [6, 6.07) is 6.87. The van der Waals surface area contributed by atoms with Gasteiger partial charge in [0.25, 0.3) is 5.69 Å². The maximum Gasteiger partial charge on any atom is 0.276 e. The Bertz CT molecular complexity index is 624. The molecule has 0 spiro atoms. The SMILES string of the molecule is O=C(/C=C/c1ccccc1[N+](=O)[O-])N1CCCC2CCCCC21.